The average Bonchev–Trinajstić information content (AvgIpc) is 2.41. The Labute approximate surface area is 119 Å². The van der Waals surface area contributed by atoms with Crippen LogP contribution < -0.4 is 5.32 Å². The van der Waals surface area contributed by atoms with Crippen molar-refractivity contribution in [3.63, 3.8) is 0 Å². The maximum absolute atomic E-state index is 12.5. The summed E-state index contributed by atoms with van der Waals surface area (Å²) < 4.78 is 37.6. The van der Waals surface area contributed by atoms with Gasteiger partial charge in [-0.1, -0.05) is 23.3 Å². The number of nitrogens with zero attached hydrogens (tertiary/aromatic N) is 2. The molecule has 1 unspecified atom stereocenters. The highest BCUT2D eigenvalue weighted by atomic mass is 19.4. The van der Waals surface area contributed by atoms with E-state index in [0.717, 1.165) is 23.5 Å². The van der Waals surface area contributed by atoms with E-state index < -0.39 is 17.8 Å². The SMILES string of the molecule is CC1=CCC(C(=O)Nc2cc(C(F)(F)F)ncn2)C=C1C. The number of amides is 1. The third kappa shape index (κ3) is 3.68. The molecule has 0 aromatic carbocycles. The number of anilines is 1. The van der Waals surface area contributed by atoms with Gasteiger partial charge in [0.25, 0.3) is 0 Å². The smallest absolute Gasteiger partial charge is 0.310 e. The number of alkyl halides is 3. The quantitative estimate of drug-likeness (QED) is 0.910. The summed E-state index contributed by atoms with van der Waals surface area (Å²) in [6, 6.07) is 0.721. The number of nitrogens with one attached hydrogen (secondary N) is 1. The van der Waals surface area contributed by atoms with E-state index in [-0.39, 0.29) is 11.7 Å². The molecule has 1 amide bonds. The molecule has 1 N–H and O–H groups in total. The number of hydrogen-bond acceptors (Lipinski definition) is 3. The number of allylic oxidation sites excluding steroid dienone is 3. The van der Waals surface area contributed by atoms with Crippen LogP contribution in [-0.2, 0) is 11.0 Å². The molecule has 1 aromatic heterocycles. The lowest BCUT2D eigenvalue weighted by molar-refractivity contribution is -0.141. The number of halogens is 3. The minimum absolute atomic E-state index is 0.153. The number of aromatic nitrogens is 2. The van der Waals surface area contributed by atoms with Crippen molar-refractivity contribution in [2.24, 2.45) is 5.92 Å². The summed E-state index contributed by atoms with van der Waals surface area (Å²) in [5.41, 5.74) is 0.999. The van der Waals surface area contributed by atoms with Crippen LogP contribution in [0.4, 0.5) is 19.0 Å². The normalized spacial score (nSPS) is 18.8. The molecule has 2 rings (SSSR count). The minimum atomic E-state index is -4.57. The molecule has 0 fully saturated rings. The maximum Gasteiger partial charge on any atom is 0.433 e. The standard InChI is InChI=1S/C14H14F3N3O/c1-8-3-4-10(5-9(8)2)13(21)20-12-6-11(14(15,16)17)18-7-19-12/h3,5-7,10H,4H2,1-2H3,(H,18,19,20,21). The summed E-state index contributed by atoms with van der Waals surface area (Å²) in [7, 11) is 0. The second-order valence-electron chi connectivity index (χ2n) is 4.85. The number of carbonyl (C=O) groups is 1. The third-order valence-electron chi connectivity index (χ3n) is 3.30. The van der Waals surface area contributed by atoms with Crippen LogP contribution in [0.5, 0.6) is 0 Å². The molecule has 1 aromatic rings. The van der Waals surface area contributed by atoms with Gasteiger partial charge < -0.3 is 5.32 Å². The van der Waals surface area contributed by atoms with E-state index in [1.165, 1.54) is 0 Å². The highest BCUT2D eigenvalue weighted by Crippen LogP contribution is 2.28. The van der Waals surface area contributed by atoms with Crippen LogP contribution in [0.1, 0.15) is 26.0 Å². The topological polar surface area (TPSA) is 54.9 Å². The first-order valence-corrected chi connectivity index (χ1v) is 6.33. The van der Waals surface area contributed by atoms with Crippen LogP contribution in [-0.4, -0.2) is 15.9 Å². The first kappa shape index (κ1) is 15.2. The second-order valence-corrected chi connectivity index (χ2v) is 4.85. The van der Waals surface area contributed by atoms with E-state index in [4.69, 9.17) is 0 Å². The molecule has 0 saturated heterocycles. The maximum atomic E-state index is 12.5. The van der Waals surface area contributed by atoms with E-state index >= 15 is 0 Å². The third-order valence-corrected chi connectivity index (χ3v) is 3.30. The summed E-state index contributed by atoms with van der Waals surface area (Å²) in [6.07, 6.45) is 0.470. The Morgan fingerprint density at radius 1 is 1.29 bits per heavy atom. The summed E-state index contributed by atoms with van der Waals surface area (Å²) in [5, 5.41) is 2.40. The predicted octanol–water partition coefficient (Wildman–Crippen LogP) is 3.35. The van der Waals surface area contributed by atoms with Gasteiger partial charge in [0.05, 0.1) is 5.92 Å². The zero-order valence-corrected chi connectivity index (χ0v) is 11.5. The first-order chi connectivity index (χ1) is 9.77. The van der Waals surface area contributed by atoms with E-state index in [1.54, 1.807) is 6.08 Å². The van der Waals surface area contributed by atoms with E-state index in [1.807, 2.05) is 19.9 Å². The molecule has 1 atom stereocenters. The van der Waals surface area contributed by atoms with Gasteiger partial charge in [-0.15, -0.1) is 0 Å². The zero-order valence-electron chi connectivity index (χ0n) is 11.5. The molecule has 4 nitrogen and oxygen atoms in total. The number of rotatable bonds is 2. The second kappa shape index (κ2) is 5.67. The Morgan fingerprint density at radius 3 is 2.62 bits per heavy atom. The average molecular weight is 297 g/mol. The molecule has 0 radical (unpaired) electrons. The summed E-state index contributed by atoms with van der Waals surface area (Å²) >= 11 is 0. The fraction of sp³-hybridized carbons (Fsp3) is 0.357. The molecule has 1 aliphatic rings. The zero-order chi connectivity index (χ0) is 15.6. The molecule has 1 aliphatic carbocycles. The van der Waals surface area contributed by atoms with Crippen molar-refractivity contribution in [3.8, 4) is 0 Å². The molecular weight excluding hydrogens is 283 g/mol. The molecule has 112 valence electrons. The van der Waals surface area contributed by atoms with Gasteiger partial charge in [0.2, 0.25) is 5.91 Å². The van der Waals surface area contributed by atoms with Crippen molar-refractivity contribution in [1.82, 2.24) is 9.97 Å². The monoisotopic (exact) mass is 297 g/mol. The predicted molar refractivity (Wildman–Crippen MR) is 71.3 cm³/mol. The lowest BCUT2D eigenvalue weighted by atomic mass is 9.91. The number of carbonyl (C=O) groups excluding carboxylic acids is 1. The largest absolute Gasteiger partial charge is 0.433 e. The Kier molecular flexibility index (Phi) is 4.11. The Morgan fingerprint density at radius 2 is 2.00 bits per heavy atom. The lowest BCUT2D eigenvalue weighted by Crippen LogP contribution is -2.23. The molecule has 0 spiro atoms. The summed E-state index contributed by atoms with van der Waals surface area (Å²) in [6.45, 7) is 3.83. The van der Waals surface area contributed by atoms with Crippen molar-refractivity contribution < 1.29 is 18.0 Å². The van der Waals surface area contributed by atoms with Crippen LogP contribution in [0.25, 0.3) is 0 Å². The highest BCUT2D eigenvalue weighted by Gasteiger charge is 2.33. The van der Waals surface area contributed by atoms with Gasteiger partial charge >= 0.3 is 6.18 Å². The van der Waals surface area contributed by atoms with Gasteiger partial charge in [-0.3, -0.25) is 4.79 Å². The van der Waals surface area contributed by atoms with Gasteiger partial charge in [0, 0.05) is 6.07 Å². The lowest BCUT2D eigenvalue weighted by Gasteiger charge is -2.17. The summed E-state index contributed by atoms with van der Waals surface area (Å²) in [5.74, 6) is -0.942. The Balaban J connectivity index is 2.11. The Bertz CT molecular complexity index is 620. The van der Waals surface area contributed by atoms with E-state index in [9.17, 15) is 18.0 Å². The highest BCUT2D eigenvalue weighted by molar-refractivity contribution is 5.93. The van der Waals surface area contributed by atoms with Gasteiger partial charge in [-0.2, -0.15) is 13.2 Å². The van der Waals surface area contributed by atoms with Gasteiger partial charge in [-0.05, 0) is 20.3 Å². The molecular formula is C14H14F3N3O. The molecule has 7 heteroatoms. The molecule has 21 heavy (non-hydrogen) atoms. The van der Waals surface area contributed by atoms with Gasteiger partial charge in [0.1, 0.15) is 17.8 Å². The van der Waals surface area contributed by atoms with Crippen LogP contribution in [0, 0.1) is 5.92 Å². The molecule has 0 saturated carbocycles. The summed E-state index contributed by atoms with van der Waals surface area (Å²) in [4.78, 5) is 18.8. The van der Waals surface area contributed by atoms with Crippen LogP contribution in [0.2, 0.25) is 0 Å². The van der Waals surface area contributed by atoms with Crippen LogP contribution in [0.3, 0.4) is 0 Å². The fourth-order valence-corrected chi connectivity index (χ4v) is 1.95. The van der Waals surface area contributed by atoms with Crippen molar-refractivity contribution in [2.45, 2.75) is 26.4 Å². The Hall–Kier alpha value is -2.18. The van der Waals surface area contributed by atoms with Crippen LogP contribution >= 0.6 is 0 Å². The van der Waals surface area contributed by atoms with E-state index in [2.05, 4.69) is 15.3 Å². The van der Waals surface area contributed by atoms with Crippen molar-refractivity contribution >= 4 is 11.7 Å². The van der Waals surface area contributed by atoms with Crippen molar-refractivity contribution in [2.75, 3.05) is 5.32 Å². The first-order valence-electron chi connectivity index (χ1n) is 6.33. The molecule has 0 aliphatic heterocycles. The van der Waals surface area contributed by atoms with Gasteiger partial charge in [0.15, 0.2) is 0 Å². The van der Waals surface area contributed by atoms with Gasteiger partial charge in [-0.25, -0.2) is 9.97 Å². The molecule has 1 heterocycles. The van der Waals surface area contributed by atoms with Crippen molar-refractivity contribution in [1.29, 1.82) is 0 Å². The van der Waals surface area contributed by atoms with Crippen molar-refractivity contribution in [3.05, 3.63) is 41.4 Å². The molecule has 0 bridgehead atoms. The fourth-order valence-electron chi connectivity index (χ4n) is 1.95. The van der Waals surface area contributed by atoms with Crippen LogP contribution in [0.15, 0.2) is 35.7 Å². The number of hydrogen-bond donors (Lipinski definition) is 1. The van der Waals surface area contributed by atoms with E-state index in [0.29, 0.717) is 6.42 Å². The minimum Gasteiger partial charge on any atom is -0.310 e.